The van der Waals surface area contributed by atoms with Gasteiger partial charge in [0.05, 0.1) is 11.8 Å². The van der Waals surface area contributed by atoms with Crippen molar-refractivity contribution in [3.8, 4) is 0 Å². The minimum Gasteiger partial charge on any atom is -0.481 e. The zero-order valence-electron chi connectivity index (χ0n) is 18.2. The van der Waals surface area contributed by atoms with E-state index in [0.29, 0.717) is 0 Å². The second kappa shape index (κ2) is 9.10. The van der Waals surface area contributed by atoms with Crippen LogP contribution in [0.25, 0.3) is 11.0 Å². The number of halogens is 1. The second-order valence-corrected chi connectivity index (χ2v) is 8.50. The first-order chi connectivity index (χ1) is 15.5. The van der Waals surface area contributed by atoms with Crippen LogP contribution >= 0.6 is 0 Å². The van der Waals surface area contributed by atoms with Crippen molar-refractivity contribution in [3.05, 3.63) is 65.2 Å². The van der Waals surface area contributed by atoms with Crippen LogP contribution in [0.1, 0.15) is 48.9 Å². The summed E-state index contributed by atoms with van der Waals surface area (Å²) >= 11 is 0. The highest BCUT2D eigenvalue weighted by Gasteiger charge is 2.44. The number of benzene rings is 1. The number of pyridine rings is 1. The zero-order chi connectivity index (χ0) is 22.7. The van der Waals surface area contributed by atoms with Gasteiger partial charge in [-0.3, -0.25) is 9.59 Å². The molecule has 0 radical (unpaired) electrons. The number of carboxylic acid groups (broad SMARTS) is 1. The summed E-state index contributed by atoms with van der Waals surface area (Å²) in [4.78, 5) is 27.2. The van der Waals surface area contributed by atoms with Gasteiger partial charge in [-0.2, -0.15) is 0 Å². The van der Waals surface area contributed by atoms with Gasteiger partial charge in [-0.25, -0.2) is 9.37 Å². The highest BCUT2D eigenvalue weighted by molar-refractivity contribution is 5.89. The molecule has 0 bridgehead atoms. The summed E-state index contributed by atoms with van der Waals surface area (Å²) in [5.41, 5.74) is 3.60. The molecule has 2 N–H and O–H groups in total. The topological polar surface area (TPSA) is 84.2 Å². The van der Waals surface area contributed by atoms with Gasteiger partial charge in [0.1, 0.15) is 11.5 Å². The maximum atomic E-state index is 12.8. The molecule has 1 aromatic carbocycles. The molecule has 1 saturated carbocycles. The molecule has 1 fully saturated rings. The molecule has 2 aliphatic rings. The number of amides is 1. The number of hydrogen-bond donors (Lipinski definition) is 2. The Labute approximate surface area is 186 Å². The number of likely N-dealkylation sites (N-methyl/N-ethyl adjacent to an activating group) is 1. The zero-order valence-corrected chi connectivity index (χ0v) is 18.2. The molecule has 0 spiro atoms. The van der Waals surface area contributed by atoms with E-state index in [9.17, 15) is 14.0 Å². The number of hydrogen-bond acceptors (Lipinski definition) is 3. The Morgan fingerprint density at radius 2 is 1.91 bits per heavy atom. The van der Waals surface area contributed by atoms with Crippen molar-refractivity contribution in [3.63, 3.8) is 0 Å². The number of nitrogens with zero attached hydrogens (tertiary/aromatic N) is 2. The van der Waals surface area contributed by atoms with Crippen LogP contribution in [0.2, 0.25) is 0 Å². The Morgan fingerprint density at radius 3 is 2.53 bits per heavy atom. The average Bonchev–Trinajstić information content (AvgIpc) is 3.08. The summed E-state index contributed by atoms with van der Waals surface area (Å²) in [6.07, 6.45) is 7.92. The largest absolute Gasteiger partial charge is 0.481 e. The number of aryl methyl sites for hydroxylation is 1. The fourth-order valence-corrected chi connectivity index (χ4v) is 4.92. The average molecular weight is 438 g/mol. The van der Waals surface area contributed by atoms with E-state index in [-0.39, 0.29) is 18.1 Å². The first-order valence-electron chi connectivity index (χ1n) is 11.1. The molecule has 5 rings (SSSR count). The van der Waals surface area contributed by atoms with Gasteiger partial charge in [0.2, 0.25) is 5.91 Å². The number of nitrogens with one attached hydrogen (secondary N) is 1. The summed E-state index contributed by atoms with van der Waals surface area (Å²) in [5, 5.41) is 12.7. The summed E-state index contributed by atoms with van der Waals surface area (Å²) in [6.45, 7) is 0.961. The molecule has 1 amide bonds. The van der Waals surface area contributed by atoms with Gasteiger partial charge in [0, 0.05) is 30.9 Å². The molecule has 0 saturated heterocycles. The van der Waals surface area contributed by atoms with Crippen LogP contribution in [0.5, 0.6) is 0 Å². The highest BCUT2D eigenvalue weighted by Crippen LogP contribution is 2.43. The Balaban J connectivity index is 0.000000155. The Bertz CT molecular complexity index is 1130. The second-order valence-electron chi connectivity index (χ2n) is 8.50. The Hall–Kier alpha value is -3.22. The molecule has 0 unspecified atom stereocenters. The minimum absolute atomic E-state index is 0.0420. The van der Waals surface area contributed by atoms with Crippen molar-refractivity contribution >= 4 is 22.9 Å². The number of rotatable bonds is 4. The van der Waals surface area contributed by atoms with E-state index in [1.165, 1.54) is 17.8 Å². The summed E-state index contributed by atoms with van der Waals surface area (Å²) in [6, 6.07) is 10.1. The lowest BCUT2D eigenvalue weighted by atomic mass is 9.64. The molecule has 0 atom stereocenters. The third-order valence-electron chi connectivity index (χ3n) is 6.68. The van der Waals surface area contributed by atoms with Gasteiger partial charge >= 0.3 is 5.97 Å². The van der Waals surface area contributed by atoms with Crippen LogP contribution in [0.3, 0.4) is 0 Å². The van der Waals surface area contributed by atoms with Crippen molar-refractivity contribution in [2.45, 2.75) is 56.9 Å². The molecule has 3 heterocycles. The summed E-state index contributed by atoms with van der Waals surface area (Å²) in [7, 11) is 1.64. The van der Waals surface area contributed by atoms with E-state index >= 15 is 0 Å². The van der Waals surface area contributed by atoms with Crippen LogP contribution in [0.15, 0.2) is 42.6 Å². The lowest BCUT2D eigenvalue weighted by Gasteiger charge is -2.40. The van der Waals surface area contributed by atoms with Crippen molar-refractivity contribution in [2.75, 3.05) is 7.05 Å². The van der Waals surface area contributed by atoms with E-state index in [1.54, 1.807) is 25.4 Å². The quantitative estimate of drug-likeness (QED) is 0.646. The fourth-order valence-electron chi connectivity index (χ4n) is 4.92. The summed E-state index contributed by atoms with van der Waals surface area (Å²) in [5.74, 6) is -0.986. The number of aromatic nitrogens is 2. The van der Waals surface area contributed by atoms with Crippen molar-refractivity contribution in [2.24, 2.45) is 0 Å². The monoisotopic (exact) mass is 437 g/mol. The first-order valence-corrected chi connectivity index (χ1v) is 11.1. The van der Waals surface area contributed by atoms with Gasteiger partial charge in [-0.1, -0.05) is 18.6 Å². The molecule has 32 heavy (non-hydrogen) atoms. The van der Waals surface area contributed by atoms with E-state index < -0.39 is 11.4 Å². The highest BCUT2D eigenvalue weighted by atomic mass is 19.1. The van der Waals surface area contributed by atoms with Crippen LogP contribution < -0.4 is 5.32 Å². The predicted molar refractivity (Wildman–Crippen MR) is 120 cm³/mol. The van der Waals surface area contributed by atoms with Crippen LogP contribution in [0.4, 0.5) is 4.39 Å². The molecular formula is C25H28FN3O3. The lowest BCUT2D eigenvalue weighted by Crippen LogP contribution is -2.48. The molecule has 168 valence electrons. The first kappa shape index (κ1) is 22.0. The molecular weight excluding hydrogens is 409 g/mol. The van der Waals surface area contributed by atoms with Crippen LogP contribution in [0, 0.1) is 5.82 Å². The van der Waals surface area contributed by atoms with Crippen LogP contribution in [-0.4, -0.2) is 33.6 Å². The van der Waals surface area contributed by atoms with E-state index in [1.807, 2.05) is 12.1 Å². The maximum Gasteiger partial charge on any atom is 0.307 e. The Morgan fingerprint density at radius 1 is 1.16 bits per heavy atom. The smallest absolute Gasteiger partial charge is 0.307 e. The van der Waals surface area contributed by atoms with Crippen molar-refractivity contribution < 1.29 is 19.1 Å². The van der Waals surface area contributed by atoms with Crippen molar-refractivity contribution in [1.29, 1.82) is 0 Å². The van der Waals surface area contributed by atoms with Gasteiger partial charge in [-0.05, 0) is 67.5 Å². The number of carboxylic acids is 1. The molecule has 1 aliphatic carbocycles. The molecule has 1 aliphatic heterocycles. The molecule has 3 aromatic rings. The molecule has 2 aromatic heterocycles. The third kappa shape index (κ3) is 3.99. The van der Waals surface area contributed by atoms with E-state index in [0.717, 1.165) is 67.2 Å². The number of carbonyl (C=O) groups is 2. The van der Waals surface area contributed by atoms with Gasteiger partial charge in [0.25, 0.3) is 0 Å². The normalized spacial score (nSPS) is 16.3. The van der Waals surface area contributed by atoms with Gasteiger partial charge < -0.3 is 15.0 Å². The number of fused-ring (bicyclic) bond motifs is 3. The Kier molecular flexibility index (Phi) is 6.26. The van der Waals surface area contributed by atoms with Crippen LogP contribution in [-0.2, 0) is 34.4 Å². The molecule has 7 heteroatoms. The molecule has 6 nitrogen and oxygen atoms in total. The van der Waals surface area contributed by atoms with Crippen molar-refractivity contribution in [1.82, 2.24) is 14.9 Å². The minimum atomic E-state index is -0.769. The lowest BCUT2D eigenvalue weighted by molar-refractivity contribution is -0.136. The SMILES string of the molecule is CNC(=O)C1(c2ccc(F)cc2)CCC1.O=C(O)Cc1c2n(c3ncccc13)CCCC2. The van der Waals surface area contributed by atoms with Gasteiger partial charge in [0.15, 0.2) is 0 Å². The third-order valence-corrected chi connectivity index (χ3v) is 6.68. The van der Waals surface area contributed by atoms with E-state index in [2.05, 4.69) is 14.9 Å². The fraction of sp³-hybridized carbons (Fsp3) is 0.400. The number of aliphatic carboxylic acids is 1. The maximum absolute atomic E-state index is 12.8. The van der Waals surface area contributed by atoms with Gasteiger partial charge in [-0.15, -0.1) is 0 Å². The standard InChI is InChI=1S/C13H14N2O2.C12H14FNO/c16-12(17)8-10-9-4-3-6-14-13(9)15-7-2-1-5-11(10)15;1-14-11(15)12(7-2-8-12)9-3-5-10(13)6-4-9/h3-4,6H,1-2,5,7-8H2,(H,16,17);3-6H,2,7-8H2,1H3,(H,14,15). The number of carbonyl (C=O) groups excluding carboxylic acids is 1. The van der Waals surface area contributed by atoms with E-state index in [4.69, 9.17) is 5.11 Å². The predicted octanol–water partition coefficient (Wildman–Crippen LogP) is 3.99. The summed E-state index contributed by atoms with van der Waals surface area (Å²) < 4.78 is 15.0.